The van der Waals surface area contributed by atoms with Gasteiger partial charge in [0, 0.05) is 13.1 Å². The molecule has 96 valence electrons. The van der Waals surface area contributed by atoms with Gasteiger partial charge < -0.3 is 10.8 Å². The summed E-state index contributed by atoms with van der Waals surface area (Å²) in [5.74, 6) is 0.814. The number of aryl methyl sites for hydroxylation is 1. The highest BCUT2D eigenvalue weighted by Crippen LogP contribution is 2.33. The first kappa shape index (κ1) is 12.5. The van der Waals surface area contributed by atoms with Gasteiger partial charge in [0.15, 0.2) is 0 Å². The molecule has 0 amide bonds. The van der Waals surface area contributed by atoms with Crippen LogP contribution in [0.15, 0.2) is 0 Å². The minimum atomic E-state index is -0.237. The fourth-order valence-corrected chi connectivity index (χ4v) is 2.06. The van der Waals surface area contributed by atoms with Crippen LogP contribution in [0, 0.1) is 5.92 Å². The van der Waals surface area contributed by atoms with Crippen molar-refractivity contribution in [1.29, 1.82) is 0 Å². The van der Waals surface area contributed by atoms with E-state index in [-0.39, 0.29) is 6.10 Å². The SMILES string of the molecule is CC(O)CCCn1nnc(CN)c1CC1CC1. The van der Waals surface area contributed by atoms with Crippen molar-refractivity contribution in [2.75, 3.05) is 0 Å². The molecule has 5 heteroatoms. The Bertz CT molecular complexity index is 357. The third-order valence-corrected chi connectivity index (χ3v) is 3.28. The van der Waals surface area contributed by atoms with Gasteiger partial charge in [-0.05, 0) is 44.9 Å². The molecule has 1 saturated carbocycles. The fourth-order valence-electron chi connectivity index (χ4n) is 2.06. The summed E-state index contributed by atoms with van der Waals surface area (Å²) in [5.41, 5.74) is 7.83. The lowest BCUT2D eigenvalue weighted by molar-refractivity contribution is 0.178. The van der Waals surface area contributed by atoms with Gasteiger partial charge in [0.25, 0.3) is 0 Å². The van der Waals surface area contributed by atoms with Gasteiger partial charge in [0.05, 0.1) is 17.5 Å². The maximum absolute atomic E-state index is 9.24. The van der Waals surface area contributed by atoms with E-state index >= 15 is 0 Å². The Balaban J connectivity index is 1.96. The average Bonchev–Trinajstić information content (AvgIpc) is 3.01. The fraction of sp³-hybridized carbons (Fsp3) is 0.833. The van der Waals surface area contributed by atoms with Gasteiger partial charge in [-0.1, -0.05) is 5.21 Å². The standard InChI is InChI=1S/C12H22N4O/c1-9(17)3-2-6-16-12(7-10-4-5-10)11(8-13)14-15-16/h9-10,17H,2-8,13H2,1H3. The predicted molar refractivity (Wildman–Crippen MR) is 65.3 cm³/mol. The summed E-state index contributed by atoms with van der Waals surface area (Å²) < 4.78 is 1.98. The van der Waals surface area contributed by atoms with Crippen LogP contribution in [0.3, 0.4) is 0 Å². The van der Waals surface area contributed by atoms with Gasteiger partial charge in [-0.25, -0.2) is 4.68 Å². The maximum Gasteiger partial charge on any atom is 0.0994 e. The van der Waals surface area contributed by atoms with Gasteiger partial charge in [0.1, 0.15) is 0 Å². The molecule has 17 heavy (non-hydrogen) atoms. The Kier molecular flexibility index (Phi) is 4.12. The second-order valence-corrected chi connectivity index (χ2v) is 5.05. The van der Waals surface area contributed by atoms with Crippen molar-refractivity contribution in [3.8, 4) is 0 Å². The third kappa shape index (κ3) is 3.51. The normalized spacial score (nSPS) is 17.4. The summed E-state index contributed by atoms with van der Waals surface area (Å²) in [6.07, 6.45) is 5.21. The van der Waals surface area contributed by atoms with Crippen molar-refractivity contribution in [3.05, 3.63) is 11.4 Å². The van der Waals surface area contributed by atoms with Crippen LogP contribution in [0.25, 0.3) is 0 Å². The molecule has 1 unspecified atom stereocenters. The van der Waals surface area contributed by atoms with Gasteiger partial charge in [-0.15, -0.1) is 5.10 Å². The van der Waals surface area contributed by atoms with E-state index in [1.165, 1.54) is 18.5 Å². The first-order valence-electron chi connectivity index (χ1n) is 6.50. The molecule has 1 aromatic heterocycles. The second-order valence-electron chi connectivity index (χ2n) is 5.05. The average molecular weight is 238 g/mol. The van der Waals surface area contributed by atoms with E-state index in [2.05, 4.69) is 10.3 Å². The molecule has 1 heterocycles. The van der Waals surface area contributed by atoms with E-state index in [4.69, 9.17) is 5.73 Å². The molecule has 1 aliphatic carbocycles. The third-order valence-electron chi connectivity index (χ3n) is 3.28. The smallest absolute Gasteiger partial charge is 0.0994 e. The summed E-state index contributed by atoms with van der Waals surface area (Å²) in [5, 5.41) is 17.5. The molecule has 3 N–H and O–H groups in total. The Labute approximate surface area is 102 Å². The minimum absolute atomic E-state index is 0.237. The van der Waals surface area contributed by atoms with Crippen LogP contribution < -0.4 is 5.73 Å². The zero-order valence-electron chi connectivity index (χ0n) is 10.5. The molecular formula is C12H22N4O. The molecule has 0 radical (unpaired) electrons. The van der Waals surface area contributed by atoms with Gasteiger partial charge in [0.2, 0.25) is 0 Å². The summed E-state index contributed by atoms with van der Waals surface area (Å²) in [7, 11) is 0. The van der Waals surface area contributed by atoms with E-state index in [0.717, 1.165) is 37.4 Å². The molecule has 2 rings (SSSR count). The van der Waals surface area contributed by atoms with Crippen molar-refractivity contribution in [3.63, 3.8) is 0 Å². The highest BCUT2D eigenvalue weighted by molar-refractivity contribution is 5.12. The van der Waals surface area contributed by atoms with Crippen LogP contribution in [-0.4, -0.2) is 26.2 Å². The molecule has 0 bridgehead atoms. The van der Waals surface area contributed by atoms with Crippen LogP contribution in [0.4, 0.5) is 0 Å². The number of hydrogen-bond donors (Lipinski definition) is 2. The number of nitrogens with zero attached hydrogens (tertiary/aromatic N) is 3. The lowest BCUT2D eigenvalue weighted by atomic mass is 10.1. The number of aliphatic hydroxyl groups is 1. The molecule has 1 aliphatic rings. The summed E-state index contributed by atoms with van der Waals surface area (Å²) in [6.45, 7) is 3.12. The van der Waals surface area contributed by atoms with Crippen molar-refractivity contribution in [2.24, 2.45) is 11.7 Å². The zero-order valence-corrected chi connectivity index (χ0v) is 10.5. The molecule has 1 atom stereocenters. The van der Waals surface area contributed by atoms with Crippen LogP contribution >= 0.6 is 0 Å². The van der Waals surface area contributed by atoms with E-state index in [1.54, 1.807) is 0 Å². The first-order chi connectivity index (χ1) is 8.20. The van der Waals surface area contributed by atoms with Crippen LogP contribution in [0.5, 0.6) is 0 Å². The van der Waals surface area contributed by atoms with Crippen molar-refractivity contribution < 1.29 is 5.11 Å². The highest BCUT2D eigenvalue weighted by Gasteiger charge is 2.25. The van der Waals surface area contributed by atoms with Gasteiger partial charge in [-0.3, -0.25) is 0 Å². The van der Waals surface area contributed by atoms with Gasteiger partial charge in [-0.2, -0.15) is 0 Å². The van der Waals surface area contributed by atoms with Crippen molar-refractivity contribution in [1.82, 2.24) is 15.0 Å². The minimum Gasteiger partial charge on any atom is -0.393 e. The quantitative estimate of drug-likeness (QED) is 0.738. The van der Waals surface area contributed by atoms with Gasteiger partial charge >= 0.3 is 0 Å². The summed E-state index contributed by atoms with van der Waals surface area (Å²) >= 11 is 0. The highest BCUT2D eigenvalue weighted by atomic mass is 16.3. The molecule has 1 aromatic rings. The molecule has 5 nitrogen and oxygen atoms in total. The molecule has 0 aromatic carbocycles. The molecule has 0 saturated heterocycles. The largest absolute Gasteiger partial charge is 0.393 e. The summed E-state index contributed by atoms with van der Waals surface area (Å²) in [4.78, 5) is 0. The molecular weight excluding hydrogens is 216 g/mol. The molecule has 0 aliphatic heterocycles. The topological polar surface area (TPSA) is 77.0 Å². The van der Waals surface area contributed by atoms with E-state index < -0.39 is 0 Å². The van der Waals surface area contributed by atoms with Crippen molar-refractivity contribution in [2.45, 2.75) is 58.2 Å². The second kappa shape index (κ2) is 5.60. The first-order valence-corrected chi connectivity index (χ1v) is 6.50. The Morgan fingerprint density at radius 2 is 2.29 bits per heavy atom. The number of aliphatic hydroxyl groups excluding tert-OH is 1. The zero-order chi connectivity index (χ0) is 12.3. The van der Waals surface area contributed by atoms with E-state index in [9.17, 15) is 5.11 Å². The van der Waals surface area contributed by atoms with Crippen LogP contribution in [0.2, 0.25) is 0 Å². The van der Waals surface area contributed by atoms with Crippen LogP contribution in [0.1, 0.15) is 44.0 Å². The number of rotatable bonds is 7. The Morgan fingerprint density at radius 3 is 2.88 bits per heavy atom. The predicted octanol–water partition coefficient (Wildman–Crippen LogP) is 0.850. The molecule has 0 spiro atoms. The Morgan fingerprint density at radius 1 is 1.53 bits per heavy atom. The maximum atomic E-state index is 9.24. The lowest BCUT2D eigenvalue weighted by Gasteiger charge is -2.08. The van der Waals surface area contributed by atoms with E-state index in [1.807, 2.05) is 11.6 Å². The van der Waals surface area contributed by atoms with Crippen molar-refractivity contribution >= 4 is 0 Å². The Hall–Kier alpha value is -0.940. The number of nitrogens with two attached hydrogens (primary N) is 1. The number of hydrogen-bond acceptors (Lipinski definition) is 4. The van der Waals surface area contributed by atoms with Crippen LogP contribution in [-0.2, 0) is 19.5 Å². The number of aromatic nitrogens is 3. The monoisotopic (exact) mass is 238 g/mol. The molecule has 1 fully saturated rings. The van der Waals surface area contributed by atoms with E-state index in [0.29, 0.717) is 6.54 Å². The summed E-state index contributed by atoms with van der Waals surface area (Å²) in [6, 6.07) is 0. The lowest BCUT2D eigenvalue weighted by Crippen LogP contribution is -2.10.